The molecule has 0 saturated heterocycles. The van der Waals surface area contributed by atoms with E-state index in [9.17, 15) is 0 Å². The standard InChI is InChI=1S/C42H34N2/c1-43-39(31-17-7-3-8-18-31)27-35(28-40(43)32-19-9-4-10-20-32)37-25-15-16-26-38(37)36-29-41(33-21-11-5-12-22-33)44(2)42(30-36)34-23-13-6-14-24-34/h3-30H,1-2H3/q+2. The second kappa shape index (κ2) is 11.9. The van der Waals surface area contributed by atoms with Gasteiger partial charge < -0.3 is 0 Å². The van der Waals surface area contributed by atoms with Gasteiger partial charge in [0.1, 0.15) is 14.1 Å². The van der Waals surface area contributed by atoms with Crippen LogP contribution < -0.4 is 9.13 Å². The highest BCUT2D eigenvalue weighted by molar-refractivity contribution is 5.87. The van der Waals surface area contributed by atoms with E-state index in [-0.39, 0.29) is 0 Å². The van der Waals surface area contributed by atoms with Crippen LogP contribution in [0.1, 0.15) is 0 Å². The van der Waals surface area contributed by atoms with E-state index in [1.807, 2.05) is 0 Å². The molecule has 2 nitrogen and oxygen atoms in total. The minimum absolute atomic E-state index is 1.17. The largest absolute Gasteiger partial charge is 0.213 e. The molecule has 44 heavy (non-hydrogen) atoms. The summed E-state index contributed by atoms with van der Waals surface area (Å²) in [6, 6.07) is 60.8. The van der Waals surface area contributed by atoms with Gasteiger partial charge in [0.25, 0.3) is 0 Å². The molecule has 2 aromatic heterocycles. The topological polar surface area (TPSA) is 7.76 Å². The van der Waals surface area contributed by atoms with Gasteiger partial charge in [0.05, 0.1) is 0 Å². The van der Waals surface area contributed by atoms with E-state index in [2.05, 4.69) is 193 Å². The number of hydrogen-bond acceptors (Lipinski definition) is 0. The predicted molar refractivity (Wildman–Crippen MR) is 181 cm³/mol. The fraction of sp³-hybridized carbons (Fsp3) is 0.0476. The minimum atomic E-state index is 1.17. The van der Waals surface area contributed by atoms with Crippen molar-refractivity contribution >= 4 is 0 Å². The van der Waals surface area contributed by atoms with Crippen molar-refractivity contribution < 1.29 is 9.13 Å². The molecule has 0 aliphatic heterocycles. The van der Waals surface area contributed by atoms with Crippen molar-refractivity contribution in [2.24, 2.45) is 14.1 Å². The Morgan fingerprint density at radius 1 is 0.273 bits per heavy atom. The monoisotopic (exact) mass is 566 g/mol. The number of benzene rings is 5. The maximum Gasteiger partial charge on any atom is 0.213 e. The summed E-state index contributed by atoms with van der Waals surface area (Å²) in [5.74, 6) is 0. The highest BCUT2D eigenvalue weighted by Crippen LogP contribution is 2.37. The Hall–Kier alpha value is -5.60. The lowest BCUT2D eigenvalue weighted by Crippen LogP contribution is -2.34. The molecule has 0 bridgehead atoms. The van der Waals surface area contributed by atoms with Crippen molar-refractivity contribution in [1.82, 2.24) is 0 Å². The molecule has 0 amide bonds. The highest BCUT2D eigenvalue weighted by Gasteiger charge is 2.23. The molecule has 7 rings (SSSR count). The van der Waals surface area contributed by atoms with E-state index < -0.39 is 0 Å². The molecule has 2 heterocycles. The van der Waals surface area contributed by atoms with Crippen molar-refractivity contribution in [3.05, 3.63) is 170 Å². The quantitative estimate of drug-likeness (QED) is 0.177. The third-order valence-corrected chi connectivity index (χ3v) is 8.44. The summed E-state index contributed by atoms with van der Waals surface area (Å²) < 4.78 is 4.61. The van der Waals surface area contributed by atoms with Gasteiger partial charge in [-0.1, -0.05) is 97.1 Å². The van der Waals surface area contributed by atoms with Gasteiger partial charge in [0.2, 0.25) is 22.8 Å². The zero-order valence-corrected chi connectivity index (χ0v) is 25.1. The van der Waals surface area contributed by atoms with Crippen molar-refractivity contribution in [2.45, 2.75) is 0 Å². The minimum Gasteiger partial charge on any atom is -0.194 e. The van der Waals surface area contributed by atoms with Gasteiger partial charge in [-0.3, -0.25) is 0 Å². The first-order valence-corrected chi connectivity index (χ1v) is 15.1. The lowest BCUT2D eigenvalue weighted by Gasteiger charge is -2.15. The van der Waals surface area contributed by atoms with Crippen LogP contribution in [0.25, 0.3) is 67.3 Å². The second-order valence-corrected chi connectivity index (χ2v) is 11.2. The Morgan fingerprint density at radius 2 is 0.500 bits per heavy atom. The van der Waals surface area contributed by atoms with E-state index in [4.69, 9.17) is 0 Å². The summed E-state index contributed by atoms with van der Waals surface area (Å²) in [6.07, 6.45) is 0. The zero-order valence-electron chi connectivity index (χ0n) is 25.1. The van der Waals surface area contributed by atoms with Crippen molar-refractivity contribution in [3.63, 3.8) is 0 Å². The number of pyridine rings is 2. The third-order valence-electron chi connectivity index (χ3n) is 8.44. The first-order valence-electron chi connectivity index (χ1n) is 15.1. The number of aromatic nitrogens is 2. The number of rotatable bonds is 6. The Labute approximate surface area is 259 Å². The lowest BCUT2D eigenvalue weighted by atomic mass is 9.91. The van der Waals surface area contributed by atoms with Crippen LogP contribution in [0.3, 0.4) is 0 Å². The van der Waals surface area contributed by atoms with Gasteiger partial charge in [-0.15, -0.1) is 0 Å². The average molecular weight is 567 g/mol. The molecular weight excluding hydrogens is 532 g/mol. The number of hydrogen-bond donors (Lipinski definition) is 0. The normalized spacial score (nSPS) is 11.0. The van der Waals surface area contributed by atoms with Crippen LogP contribution in [0.15, 0.2) is 170 Å². The third kappa shape index (κ3) is 5.23. The zero-order chi connectivity index (χ0) is 29.9. The Morgan fingerprint density at radius 3 is 0.750 bits per heavy atom. The molecular formula is C42H34N2+2. The van der Waals surface area contributed by atoms with Crippen LogP contribution in [-0.4, -0.2) is 0 Å². The Bertz CT molecular complexity index is 1780. The lowest BCUT2D eigenvalue weighted by molar-refractivity contribution is -0.649. The first kappa shape index (κ1) is 27.2. The fourth-order valence-corrected chi connectivity index (χ4v) is 6.16. The first-order chi connectivity index (χ1) is 21.7. The van der Waals surface area contributed by atoms with Crippen molar-refractivity contribution in [2.75, 3.05) is 0 Å². The van der Waals surface area contributed by atoms with Gasteiger partial charge in [-0.05, 0) is 70.8 Å². The molecule has 0 aliphatic carbocycles. The molecule has 0 saturated carbocycles. The fourth-order valence-electron chi connectivity index (χ4n) is 6.16. The molecule has 2 heteroatoms. The summed E-state index contributed by atoms with van der Waals surface area (Å²) in [5, 5.41) is 0. The van der Waals surface area contributed by atoms with Crippen LogP contribution in [-0.2, 0) is 14.1 Å². The molecule has 0 radical (unpaired) electrons. The molecule has 0 spiro atoms. The SMILES string of the molecule is C[n+]1c(-c2ccccc2)cc(-c2ccccc2-c2cc(-c3ccccc3)[n+](C)c(-c3ccccc3)c2)cc1-c1ccccc1. The van der Waals surface area contributed by atoms with E-state index >= 15 is 0 Å². The Balaban J connectivity index is 1.48. The second-order valence-electron chi connectivity index (χ2n) is 11.2. The summed E-state index contributed by atoms with van der Waals surface area (Å²) in [4.78, 5) is 0. The number of nitrogens with zero attached hydrogens (tertiary/aromatic N) is 2. The van der Waals surface area contributed by atoms with Gasteiger partial charge in [-0.2, -0.15) is 9.13 Å². The van der Waals surface area contributed by atoms with E-state index in [0.29, 0.717) is 0 Å². The molecule has 7 aromatic rings. The van der Waals surface area contributed by atoms with Gasteiger partial charge in [0.15, 0.2) is 0 Å². The average Bonchev–Trinajstić information content (AvgIpc) is 3.10. The highest BCUT2D eigenvalue weighted by atomic mass is 15.0. The van der Waals surface area contributed by atoms with Crippen LogP contribution >= 0.6 is 0 Å². The molecule has 0 aliphatic rings. The smallest absolute Gasteiger partial charge is 0.194 e. The molecule has 5 aromatic carbocycles. The van der Waals surface area contributed by atoms with Gasteiger partial charge in [0, 0.05) is 46.5 Å². The van der Waals surface area contributed by atoms with Gasteiger partial charge in [-0.25, -0.2) is 0 Å². The summed E-state index contributed by atoms with van der Waals surface area (Å²) in [7, 11) is 4.33. The molecule has 0 fully saturated rings. The van der Waals surface area contributed by atoms with Crippen molar-refractivity contribution in [3.8, 4) is 67.3 Å². The van der Waals surface area contributed by atoms with Crippen LogP contribution in [0, 0.1) is 0 Å². The van der Waals surface area contributed by atoms with Crippen LogP contribution in [0.4, 0.5) is 0 Å². The molecule has 0 N–H and O–H groups in total. The molecule has 210 valence electrons. The van der Waals surface area contributed by atoms with E-state index in [1.54, 1.807) is 0 Å². The maximum absolute atomic E-state index is 2.33. The molecule has 0 unspecified atom stereocenters. The molecule has 0 atom stereocenters. The summed E-state index contributed by atoms with van der Waals surface area (Å²) >= 11 is 0. The summed E-state index contributed by atoms with van der Waals surface area (Å²) in [6.45, 7) is 0. The Kier molecular flexibility index (Phi) is 7.40. The van der Waals surface area contributed by atoms with Crippen molar-refractivity contribution in [1.29, 1.82) is 0 Å². The van der Waals surface area contributed by atoms with Crippen LogP contribution in [0.2, 0.25) is 0 Å². The van der Waals surface area contributed by atoms with E-state index in [0.717, 1.165) is 0 Å². The maximum atomic E-state index is 2.33. The summed E-state index contributed by atoms with van der Waals surface area (Å²) in [5.41, 5.74) is 14.2. The van der Waals surface area contributed by atoms with Gasteiger partial charge >= 0.3 is 0 Å². The predicted octanol–water partition coefficient (Wildman–Crippen LogP) is 9.34. The van der Waals surface area contributed by atoms with Crippen LogP contribution in [0.5, 0.6) is 0 Å². The van der Waals surface area contributed by atoms with E-state index in [1.165, 1.54) is 67.3 Å².